The van der Waals surface area contributed by atoms with Crippen LogP contribution in [0.4, 0.5) is 11.4 Å². The Balaban J connectivity index is 1.84. The first-order valence-corrected chi connectivity index (χ1v) is 9.42. The van der Waals surface area contributed by atoms with Gasteiger partial charge < -0.3 is 20.3 Å². The van der Waals surface area contributed by atoms with Gasteiger partial charge in [-0.05, 0) is 30.5 Å². The van der Waals surface area contributed by atoms with E-state index in [0.29, 0.717) is 11.4 Å². The van der Waals surface area contributed by atoms with E-state index in [4.69, 9.17) is 4.74 Å². The first kappa shape index (κ1) is 19.8. The maximum Gasteiger partial charge on any atom is 0.279 e. The van der Waals surface area contributed by atoms with E-state index in [1.807, 2.05) is 49.7 Å². The van der Waals surface area contributed by atoms with E-state index in [1.54, 1.807) is 31.0 Å². The molecule has 2 aromatic rings. The molecule has 0 aliphatic heterocycles. The minimum absolute atomic E-state index is 0.127. The maximum atomic E-state index is 12.2. The number of methoxy groups -OCH3 is 1. The SMILES string of the molecule is COc1cccc(NC(=O)C[NH+](C)CC(=O)Nc2ccccc2SC)c1. The van der Waals surface area contributed by atoms with E-state index in [-0.39, 0.29) is 24.9 Å². The number of hydrogen-bond donors (Lipinski definition) is 3. The van der Waals surface area contributed by atoms with Crippen LogP contribution in [-0.4, -0.2) is 45.3 Å². The van der Waals surface area contributed by atoms with E-state index in [9.17, 15) is 9.59 Å². The van der Waals surface area contributed by atoms with Crippen molar-refractivity contribution in [2.75, 3.05) is 44.1 Å². The second-order valence-electron chi connectivity index (χ2n) is 5.84. The molecule has 2 rings (SSSR count). The maximum absolute atomic E-state index is 12.2. The Morgan fingerprint density at radius 2 is 1.73 bits per heavy atom. The first-order valence-electron chi connectivity index (χ1n) is 8.20. The molecule has 2 aromatic carbocycles. The normalized spacial score (nSPS) is 11.5. The number of anilines is 2. The molecule has 1 atom stereocenters. The van der Waals surface area contributed by atoms with Crippen LogP contribution in [-0.2, 0) is 9.59 Å². The molecular weight excluding hydrogens is 350 g/mol. The van der Waals surface area contributed by atoms with Crippen molar-refractivity contribution in [1.82, 2.24) is 0 Å². The summed E-state index contributed by atoms with van der Waals surface area (Å²) in [7, 11) is 3.39. The molecule has 0 fully saturated rings. The molecule has 0 radical (unpaired) electrons. The van der Waals surface area contributed by atoms with Gasteiger partial charge in [-0.1, -0.05) is 18.2 Å². The van der Waals surface area contributed by atoms with E-state index < -0.39 is 0 Å². The number of ether oxygens (including phenoxy) is 1. The largest absolute Gasteiger partial charge is 0.497 e. The fourth-order valence-electron chi connectivity index (χ4n) is 2.46. The second-order valence-corrected chi connectivity index (χ2v) is 6.69. The number of carbonyl (C=O) groups is 2. The summed E-state index contributed by atoms with van der Waals surface area (Å²) in [5, 5.41) is 5.72. The number of hydrogen-bond acceptors (Lipinski definition) is 4. The zero-order valence-corrected chi connectivity index (χ0v) is 16.0. The number of likely N-dealkylation sites (N-methyl/N-ethyl adjacent to an activating group) is 1. The van der Waals surface area contributed by atoms with E-state index in [0.717, 1.165) is 15.5 Å². The van der Waals surface area contributed by atoms with E-state index >= 15 is 0 Å². The molecular formula is C19H24N3O3S+. The van der Waals surface area contributed by atoms with Gasteiger partial charge in [0.25, 0.3) is 11.8 Å². The summed E-state index contributed by atoms with van der Waals surface area (Å²) in [4.78, 5) is 26.2. The van der Waals surface area contributed by atoms with Crippen LogP contribution in [0.3, 0.4) is 0 Å². The molecule has 26 heavy (non-hydrogen) atoms. The summed E-state index contributed by atoms with van der Waals surface area (Å²) >= 11 is 1.58. The first-order chi connectivity index (χ1) is 12.5. The lowest BCUT2D eigenvalue weighted by molar-refractivity contribution is -0.862. The van der Waals surface area contributed by atoms with Gasteiger partial charge in [0.15, 0.2) is 13.1 Å². The van der Waals surface area contributed by atoms with Crippen LogP contribution in [0.25, 0.3) is 0 Å². The Bertz CT molecular complexity index is 767. The Morgan fingerprint density at radius 3 is 2.42 bits per heavy atom. The average molecular weight is 374 g/mol. The summed E-state index contributed by atoms with van der Waals surface area (Å²) < 4.78 is 5.13. The van der Waals surface area contributed by atoms with Gasteiger partial charge in [0, 0.05) is 16.6 Å². The molecule has 3 N–H and O–H groups in total. The number of amides is 2. The molecule has 0 heterocycles. The van der Waals surface area contributed by atoms with Crippen LogP contribution in [0.1, 0.15) is 0 Å². The van der Waals surface area contributed by atoms with Crippen LogP contribution in [0, 0.1) is 0 Å². The van der Waals surface area contributed by atoms with Gasteiger partial charge in [-0.25, -0.2) is 0 Å². The van der Waals surface area contributed by atoms with Crippen molar-refractivity contribution in [2.45, 2.75) is 4.90 Å². The van der Waals surface area contributed by atoms with Crippen molar-refractivity contribution in [3.8, 4) is 5.75 Å². The zero-order chi connectivity index (χ0) is 18.9. The Hall–Kier alpha value is -2.51. The van der Waals surface area contributed by atoms with Crippen LogP contribution < -0.4 is 20.3 Å². The lowest BCUT2D eigenvalue weighted by Crippen LogP contribution is -3.11. The second kappa shape index (κ2) is 9.84. The number of para-hydroxylation sites is 1. The summed E-state index contributed by atoms with van der Waals surface area (Å²) in [6.07, 6.45) is 1.96. The number of carbonyl (C=O) groups excluding carboxylic acids is 2. The van der Waals surface area contributed by atoms with E-state index in [1.165, 1.54) is 0 Å². The number of nitrogens with one attached hydrogen (secondary N) is 3. The molecule has 0 saturated carbocycles. The summed E-state index contributed by atoms with van der Waals surface area (Å²) in [6.45, 7) is 0.392. The van der Waals surface area contributed by atoms with Gasteiger partial charge in [0.2, 0.25) is 0 Å². The predicted molar refractivity (Wildman–Crippen MR) is 105 cm³/mol. The molecule has 0 aliphatic rings. The topological polar surface area (TPSA) is 71.9 Å². The molecule has 0 saturated heterocycles. The van der Waals surface area contributed by atoms with Crippen molar-refractivity contribution < 1.29 is 19.2 Å². The van der Waals surface area contributed by atoms with Crippen LogP contribution in [0.2, 0.25) is 0 Å². The number of benzene rings is 2. The Kier molecular flexibility index (Phi) is 7.50. The fourth-order valence-corrected chi connectivity index (χ4v) is 3.01. The van der Waals surface area contributed by atoms with Gasteiger partial charge >= 0.3 is 0 Å². The minimum Gasteiger partial charge on any atom is -0.497 e. The standard InChI is InChI=1S/C19H23N3O3S/c1-22(12-18(23)20-14-7-6-8-15(11-14)25-2)13-19(24)21-16-9-4-5-10-17(16)26-3/h4-11H,12-13H2,1-3H3,(H,20,23)(H,21,24)/p+1. The fraction of sp³-hybridized carbons (Fsp3) is 0.263. The smallest absolute Gasteiger partial charge is 0.279 e. The van der Waals surface area contributed by atoms with E-state index in [2.05, 4.69) is 10.6 Å². The van der Waals surface area contributed by atoms with Gasteiger partial charge in [0.1, 0.15) is 5.75 Å². The third kappa shape index (κ3) is 6.09. The zero-order valence-electron chi connectivity index (χ0n) is 15.2. The highest BCUT2D eigenvalue weighted by Gasteiger charge is 2.15. The highest BCUT2D eigenvalue weighted by Crippen LogP contribution is 2.24. The third-order valence-corrected chi connectivity index (χ3v) is 4.46. The summed E-state index contributed by atoms with van der Waals surface area (Å²) in [6, 6.07) is 14.8. The van der Waals surface area contributed by atoms with Crippen molar-refractivity contribution in [1.29, 1.82) is 0 Å². The average Bonchev–Trinajstić information content (AvgIpc) is 2.61. The predicted octanol–water partition coefficient (Wildman–Crippen LogP) is 1.51. The van der Waals surface area contributed by atoms with Gasteiger partial charge in [-0.2, -0.15) is 0 Å². The summed E-state index contributed by atoms with van der Waals surface area (Å²) in [5.41, 5.74) is 1.46. The number of rotatable bonds is 8. The third-order valence-electron chi connectivity index (χ3n) is 3.66. The lowest BCUT2D eigenvalue weighted by atomic mass is 10.3. The Labute approximate surface area is 157 Å². The monoisotopic (exact) mass is 374 g/mol. The highest BCUT2D eigenvalue weighted by molar-refractivity contribution is 7.98. The van der Waals surface area contributed by atoms with Crippen LogP contribution in [0.5, 0.6) is 5.75 Å². The van der Waals surface area contributed by atoms with Gasteiger partial charge in [0.05, 0.1) is 19.8 Å². The molecule has 138 valence electrons. The minimum atomic E-state index is -0.159. The quantitative estimate of drug-likeness (QED) is 0.613. The number of thioether (sulfide) groups is 1. The van der Waals surface area contributed by atoms with Crippen LogP contribution >= 0.6 is 11.8 Å². The van der Waals surface area contributed by atoms with Crippen LogP contribution in [0.15, 0.2) is 53.4 Å². The molecule has 7 heteroatoms. The van der Waals surface area contributed by atoms with Gasteiger partial charge in [-0.3, -0.25) is 9.59 Å². The lowest BCUT2D eigenvalue weighted by Gasteiger charge is -2.15. The van der Waals surface area contributed by atoms with Gasteiger partial charge in [-0.15, -0.1) is 11.8 Å². The Morgan fingerprint density at radius 1 is 1.04 bits per heavy atom. The highest BCUT2D eigenvalue weighted by atomic mass is 32.2. The molecule has 6 nitrogen and oxygen atoms in total. The molecule has 2 amide bonds. The summed E-state index contributed by atoms with van der Waals surface area (Å²) in [5.74, 6) is 0.390. The van der Waals surface area contributed by atoms with Crippen molar-refractivity contribution in [3.05, 3.63) is 48.5 Å². The molecule has 0 aromatic heterocycles. The number of quaternary nitrogens is 1. The molecule has 1 unspecified atom stereocenters. The van der Waals surface area contributed by atoms with Crippen molar-refractivity contribution in [3.63, 3.8) is 0 Å². The molecule has 0 aliphatic carbocycles. The van der Waals surface area contributed by atoms with Crippen molar-refractivity contribution in [2.24, 2.45) is 0 Å². The molecule has 0 bridgehead atoms. The molecule has 0 spiro atoms. The van der Waals surface area contributed by atoms with Crippen molar-refractivity contribution >= 4 is 35.0 Å².